The topological polar surface area (TPSA) is 52.1 Å². The van der Waals surface area contributed by atoms with Crippen molar-refractivity contribution in [1.82, 2.24) is 9.36 Å². The number of thioether (sulfide) groups is 1. The lowest BCUT2D eigenvalue weighted by molar-refractivity contribution is 0.101. The number of aromatic nitrogens is 2. The van der Waals surface area contributed by atoms with Gasteiger partial charge in [-0.3, -0.25) is 4.79 Å². The third-order valence-corrected chi connectivity index (χ3v) is 4.25. The van der Waals surface area contributed by atoms with Gasteiger partial charge in [-0.15, -0.1) is 0 Å². The molecule has 0 aliphatic rings. The lowest BCUT2D eigenvalue weighted by atomic mass is 10.1. The van der Waals surface area contributed by atoms with Gasteiger partial charge in [0.15, 0.2) is 10.1 Å². The minimum absolute atomic E-state index is 0.0434. The summed E-state index contributed by atoms with van der Waals surface area (Å²) in [7, 11) is 0. The first kappa shape index (κ1) is 14.0. The highest BCUT2D eigenvalue weighted by Crippen LogP contribution is 2.24. The molecular formula is C13H14N2O2S2. The quantitative estimate of drug-likeness (QED) is 0.605. The zero-order valence-corrected chi connectivity index (χ0v) is 12.4. The van der Waals surface area contributed by atoms with Crippen LogP contribution in [0.25, 0.3) is 0 Å². The molecule has 100 valence electrons. The second kappa shape index (κ2) is 6.68. The summed E-state index contributed by atoms with van der Waals surface area (Å²) in [5.74, 6) is 1.78. The van der Waals surface area contributed by atoms with Gasteiger partial charge in [-0.1, -0.05) is 23.9 Å². The Bertz CT molecular complexity index is 569. The third-order valence-electron chi connectivity index (χ3n) is 2.32. The van der Waals surface area contributed by atoms with Gasteiger partial charge < -0.3 is 4.74 Å². The standard InChI is InChI=1S/C13H14N2O2S2/c1-3-17-12-7-5-4-6-10(12)11(16)8-18-13-14-9(2)15-19-13/h4-7H,3,8H2,1-2H3. The molecule has 1 heterocycles. The summed E-state index contributed by atoms with van der Waals surface area (Å²) >= 11 is 2.73. The number of aryl methyl sites for hydroxylation is 1. The first-order chi connectivity index (χ1) is 9.20. The van der Waals surface area contributed by atoms with E-state index in [0.717, 1.165) is 10.2 Å². The van der Waals surface area contributed by atoms with Gasteiger partial charge in [-0.25, -0.2) is 4.98 Å². The molecule has 0 amide bonds. The number of hydrogen-bond acceptors (Lipinski definition) is 6. The smallest absolute Gasteiger partial charge is 0.176 e. The average Bonchev–Trinajstić information content (AvgIpc) is 2.83. The van der Waals surface area contributed by atoms with E-state index >= 15 is 0 Å². The number of ketones is 1. The van der Waals surface area contributed by atoms with E-state index in [-0.39, 0.29) is 5.78 Å². The number of benzene rings is 1. The first-order valence-electron chi connectivity index (χ1n) is 5.89. The van der Waals surface area contributed by atoms with Crippen molar-refractivity contribution in [1.29, 1.82) is 0 Å². The molecule has 0 saturated carbocycles. The molecule has 0 aliphatic carbocycles. The molecular weight excluding hydrogens is 280 g/mol. The lowest BCUT2D eigenvalue weighted by Gasteiger charge is -2.08. The number of hydrogen-bond donors (Lipinski definition) is 0. The summed E-state index contributed by atoms with van der Waals surface area (Å²) in [6.45, 7) is 4.29. The van der Waals surface area contributed by atoms with Crippen molar-refractivity contribution in [2.45, 2.75) is 18.2 Å². The Kier molecular flexibility index (Phi) is 4.93. The molecule has 1 aromatic carbocycles. The molecule has 0 saturated heterocycles. The lowest BCUT2D eigenvalue weighted by Crippen LogP contribution is -2.06. The van der Waals surface area contributed by atoms with Gasteiger partial charge in [-0.2, -0.15) is 4.37 Å². The molecule has 0 aliphatic heterocycles. The highest BCUT2D eigenvalue weighted by atomic mass is 32.2. The summed E-state index contributed by atoms with van der Waals surface area (Å²) in [4.78, 5) is 16.4. The summed E-state index contributed by atoms with van der Waals surface area (Å²) in [5.41, 5.74) is 0.623. The van der Waals surface area contributed by atoms with Crippen LogP contribution in [0.4, 0.5) is 0 Å². The van der Waals surface area contributed by atoms with E-state index in [9.17, 15) is 4.79 Å². The zero-order valence-electron chi connectivity index (χ0n) is 10.8. The largest absolute Gasteiger partial charge is 0.493 e. The van der Waals surface area contributed by atoms with Crippen LogP contribution in [0.5, 0.6) is 5.75 Å². The number of carbonyl (C=O) groups excluding carboxylic acids is 1. The first-order valence-corrected chi connectivity index (χ1v) is 7.64. The Balaban J connectivity index is 2.03. The third kappa shape index (κ3) is 3.78. The number of ether oxygens (including phenoxy) is 1. The SMILES string of the molecule is CCOc1ccccc1C(=O)CSc1nc(C)ns1. The maximum absolute atomic E-state index is 12.2. The van der Waals surface area contributed by atoms with Crippen LogP contribution in [0.1, 0.15) is 23.1 Å². The molecule has 2 rings (SSSR count). The van der Waals surface area contributed by atoms with E-state index in [4.69, 9.17) is 4.74 Å². The fourth-order valence-corrected chi connectivity index (χ4v) is 3.05. The number of carbonyl (C=O) groups is 1. The molecule has 0 unspecified atom stereocenters. The molecule has 4 nitrogen and oxygen atoms in total. The van der Waals surface area contributed by atoms with Crippen molar-refractivity contribution < 1.29 is 9.53 Å². The Morgan fingerprint density at radius 2 is 2.21 bits per heavy atom. The van der Waals surface area contributed by atoms with Gasteiger partial charge in [0.05, 0.1) is 17.9 Å². The molecule has 0 spiro atoms. The van der Waals surface area contributed by atoms with Gasteiger partial charge in [-0.05, 0) is 37.5 Å². The summed E-state index contributed by atoms with van der Waals surface area (Å²) in [6, 6.07) is 7.31. The molecule has 2 aromatic rings. The Morgan fingerprint density at radius 3 is 2.89 bits per heavy atom. The normalized spacial score (nSPS) is 10.4. The monoisotopic (exact) mass is 294 g/mol. The van der Waals surface area contributed by atoms with Crippen LogP contribution in [0.2, 0.25) is 0 Å². The fraction of sp³-hybridized carbons (Fsp3) is 0.308. The number of Topliss-reactive ketones (excluding diaryl/α,β-unsaturated/α-hetero) is 1. The Hall–Kier alpha value is -1.40. The predicted octanol–water partition coefficient (Wildman–Crippen LogP) is 3.22. The molecule has 0 fully saturated rings. The van der Waals surface area contributed by atoms with Crippen LogP contribution in [0.3, 0.4) is 0 Å². The summed E-state index contributed by atoms with van der Waals surface area (Å²) in [6.07, 6.45) is 0. The van der Waals surface area contributed by atoms with Crippen molar-refractivity contribution >= 4 is 29.1 Å². The second-order valence-electron chi connectivity index (χ2n) is 3.75. The van der Waals surface area contributed by atoms with Gasteiger partial charge in [0.1, 0.15) is 11.6 Å². The van der Waals surface area contributed by atoms with Crippen molar-refractivity contribution in [2.24, 2.45) is 0 Å². The van der Waals surface area contributed by atoms with Gasteiger partial charge >= 0.3 is 0 Å². The molecule has 6 heteroatoms. The van der Waals surface area contributed by atoms with Gasteiger partial charge in [0.25, 0.3) is 0 Å². The Morgan fingerprint density at radius 1 is 1.42 bits per heavy atom. The van der Waals surface area contributed by atoms with Crippen molar-refractivity contribution in [3.05, 3.63) is 35.7 Å². The molecule has 0 bridgehead atoms. The van der Waals surface area contributed by atoms with Crippen LogP contribution >= 0.6 is 23.3 Å². The average molecular weight is 294 g/mol. The van der Waals surface area contributed by atoms with Crippen LogP contribution in [0.15, 0.2) is 28.6 Å². The maximum Gasteiger partial charge on any atom is 0.176 e. The van der Waals surface area contributed by atoms with E-state index < -0.39 is 0 Å². The number of para-hydroxylation sites is 1. The van der Waals surface area contributed by atoms with Crippen LogP contribution in [0, 0.1) is 6.92 Å². The predicted molar refractivity (Wildman–Crippen MR) is 77.3 cm³/mol. The van der Waals surface area contributed by atoms with Crippen molar-refractivity contribution in [2.75, 3.05) is 12.4 Å². The molecule has 0 radical (unpaired) electrons. The van der Waals surface area contributed by atoms with Crippen LogP contribution in [-0.2, 0) is 0 Å². The zero-order chi connectivity index (χ0) is 13.7. The van der Waals surface area contributed by atoms with Crippen LogP contribution in [-0.4, -0.2) is 27.5 Å². The summed E-state index contributed by atoms with van der Waals surface area (Å²) < 4.78 is 10.4. The fourth-order valence-electron chi connectivity index (χ4n) is 1.52. The minimum atomic E-state index is 0.0434. The van der Waals surface area contributed by atoms with E-state index in [1.165, 1.54) is 23.3 Å². The highest BCUT2D eigenvalue weighted by molar-refractivity contribution is 8.01. The number of rotatable bonds is 6. The Labute approximate surface area is 120 Å². The van der Waals surface area contributed by atoms with E-state index in [1.807, 2.05) is 32.0 Å². The number of nitrogens with zero attached hydrogens (tertiary/aromatic N) is 2. The van der Waals surface area contributed by atoms with E-state index in [2.05, 4.69) is 9.36 Å². The summed E-state index contributed by atoms with van der Waals surface area (Å²) in [5, 5.41) is 0. The highest BCUT2D eigenvalue weighted by Gasteiger charge is 2.13. The van der Waals surface area contributed by atoms with E-state index in [0.29, 0.717) is 23.7 Å². The second-order valence-corrected chi connectivity index (χ2v) is 5.72. The van der Waals surface area contributed by atoms with Gasteiger partial charge in [0, 0.05) is 0 Å². The van der Waals surface area contributed by atoms with Gasteiger partial charge in [0.2, 0.25) is 0 Å². The van der Waals surface area contributed by atoms with E-state index in [1.54, 1.807) is 6.07 Å². The molecule has 0 atom stereocenters. The molecule has 1 aromatic heterocycles. The van der Waals surface area contributed by atoms with Crippen LogP contribution < -0.4 is 4.74 Å². The molecule has 0 N–H and O–H groups in total. The maximum atomic E-state index is 12.2. The minimum Gasteiger partial charge on any atom is -0.493 e. The van der Waals surface area contributed by atoms with Crippen molar-refractivity contribution in [3.63, 3.8) is 0 Å². The molecule has 19 heavy (non-hydrogen) atoms. The van der Waals surface area contributed by atoms with Crippen molar-refractivity contribution in [3.8, 4) is 5.75 Å².